The predicted octanol–water partition coefficient (Wildman–Crippen LogP) is 6.40. The van der Waals surface area contributed by atoms with Gasteiger partial charge in [-0.25, -0.2) is 0 Å². The van der Waals surface area contributed by atoms with E-state index < -0.39 is 0 Å². The maximum atomic E-state index is 3.78. The molecule has 0 aromatic heterocycles. The molecule has 0 radical (unpaired) electrons. The third kappa shape index (κ3) is 3.27. The number of hydrogen-bond donors (Lipinski definition) is 1. The number of nitrogens with one attached hydrogen (secondary N) is 1. The van der Waals surface area contributed by atoms with Gasteiger partial charge in [-0.2, -0.15) is 0 Å². The molecule has 4 rings (SSSR count). The number of benzene rings is 2. The summed E-state index contributed by atoms with van der Waals surface area (Å²) in [5.74, 6) is 0. The lowest BCUT2D eigenvalue weighted by molar-refractivity contribution is 0.726. The molecule has 3 heteroatoms. The SMILES string of the molecule is CCc1cccc2c1Nc1c(CC)cc(N3CCCCCC3)cc1S2. The molecule has 2 nitrogen and oxygen atoms in total. The van der Waals surface area contributed by atoms with Crippen molar-refractivity contribution < 1.29 is 0 Å². The van der Waals surface area contributed by atoms with Crippen molar-refractivity contribution in [2.75, 3.05) is 23.3 Å². The highest BCUT2D eigenvalue weighted by Gasteiger charge is 2.22. The Labute approximate surface area is 156 Å². The third-order valence-electron chi connectivity index (χ3n) is 5.48. The van der Waals surface area contributed by atoms with Gasteiger partial charge in [-0.15, -0.1) is 0 Å². The van der Waals surface area contributed by atoms with Crippen molar-refractivity contribution in [3.05, 3.63) is 41.5 Å². The molecule has 0 unspecified atom stereocenters. The molecule has 0 amide bonds. The van der Waals surface area contributed by atoms with Crippen LogP contribution in [0.25, 0.3) is 0 Å². The van der Waals surface area contributed by atoms with Gasteiger partial charge in [0.25, 0.3) is 0 Å². The van der Waals surface area contributed by atoms with Gasteiger partial charge < -0.3 is 10.2 Å². The monoisotopic (exact) mass is 352 g/mol. The maximum Gasteiger partial charge on any atom is 0.0560 e. The van der Waals surface area contributed by atoms with Crippen LogP contribution in [0.15, 0.2) is 40.1 Å². The number of anilines is 3. The van der Waals surface area contributed by atoms with E-state index in [-0.39, 0.29) is 0 Å². The number of nitrogens with zero attached hydrogens (tertiary/aromatic N) is 1. The van der Waals surface area contributed by atoms with Crippen LogP contribution in [0.5, 0.6) is 0 Å². The van der Waals surface area contributed by atoms with Gasteiger partial charge >= 0.3 is 0 Å². The van der Waals surface area contributed by atoms with E-state index in [9.17, 15) is 0 Å². The van der Waals surface area contributed by atoms with Crippen LogP contribution in [-0.4, -0.2) is 13.1 Å². The highest BCUT2D eigenvalue weighted by molar-refractivity contribution is 7.99. The van der Waals surface area contributed by atoms with Crippen LogP contribution in [0, 0.1) is 0 Å². The molecule has 132 valence electrons. The van der Waals surface area contributed by atoms with Crippen LogP contribution < -0.4 is 10.2 Å². The zero-order valence-electron chi connectivity index (χ0n) is 15.4. The number of para-hydroxylation sites is 1. The second-order valence-electron chi connectivity index (χ2n) is 7.10. The second kappa shape index (κ2) is 7.33. The van der Waals surface area contributed by atoms with Crippen molar-refractivity contribution in [1.82, 2.24) is 0 Å². The topological polar surface area (TPSA) is 15.3 Å². The van der Waals surface area contributed by atoms with E-state index in [2.05, 4.69) is 54.4 Å². The molecule has 0 atom stereocenters. The fourth-order valence-electron chi connectivity index (χ4n) is 4.01. The van der Waals surface area contributed by atoms with E-state index in [1.165, 1.54) is 76.8 Å². The Bertz CT molecular complexity index is 761. The van der Waals surface area contributed by atoms with Crippen molar-refractivity contribution in [2.24, 2.45) is 0 Å². The fourth-order valence-corrected chi connectivity index (χ4v) is 5.14. The molecule has 2 aromatic carbocycles. The molecule has 25 heavy (non-hydrogen) atoms. The number of fused-ring (bicyclic) bond motifs is 2. The molecule has 1 N–H and O–H groups in total. The Morgan fingerprint density at radius 3 is 2.32 bits per heavy atom. The van der Waals surface area contributed by atoms with E-state index in [4.69, 9.17) is 0 Å². The van der Waals surface area contributed by atoms with E-state index >= 15 is 0 Å². The van der Waals surface area contributed by atoms with Crippen molar-refractivity contribution in [2.45, 2.75) is 62.2 Å². The average Bonchev–Trinajstić information content (AvgIpc) is 2.94. The summed E-state index contributed by atoms with van der Waals surface area (Å²) in [5.41, 5.74) is 6.93. The Kier molecular flexibility index (Phi) is 4.93. The largest absolute Gasteiger partial charge is 0.371 e. The van der Waals surface area contributed by atoms with Gasteiger partial charge in [0.05, 0.1) is 11.4 Å². The Balaban J connectivity index is 1.73. The normalized spacial score (nSPS) is 16.6. The van der Waals surface area contributed by atoms with Crippen molar-refractivity contribution in [3.8, 4) is 0 Å². The summed E-state index contributed by atoms with van der Waals surface area (Å²) in [6, 6.07) is 11.5. The molecule has 0 saturated carbocycles. The Morgan fingerprint density at radius 2 is 1.60 bits per heavy atom. The van der Waals surface area contributed by atoms with Crippen LogP contribution >= 0.6 is 11.8 Å². The molecule has 2 heterocycles. The summed E-state index contributed by atoms with van der Waals surface area (Å²) in [7, 11) is 0. The molecule has 1 saturated heterocycles. The van der Waals surface area contributed by atoms with Gasteiger partial charge in [-0.1, -0.05) is 50.6 Å². The molecule has 2 aromatic rings. The number of hydrogen-bond acceptors (Lipinski definition) is 3. The molecule has 1 fully saturated rings. The first-order valence-corrected chi connectivity index (χ1v) is 10.6. The smallest absolute Gasteiger partial charge is 0.0560 e. The first-order valence-electron chi connectivity index (χ1n) is 9.78. The van der Waals surface area contributed by atoms with Gasteiger partial charge in [0.1, 0.15) is 0 Å². The summed E-state index contributed by atoms with van der Waals surface area (Å²) in [5, 5.41) is 3.78. The summed E-state index contributed by atoms with van der Waals surface area (Å²) in [4.78, 5) is 5.35. The van der Waals surface area contributed by atoms with E-state index in [0.717, 1.165) is 12.8 Å². The van der Waals surface area contributed by atoms with E-state index in [0.29, 0.717) is 0 Å². The minimum absolute atomic E-state index is 1.07. The van der Waals surface area contributed by atoms with E-state index in [1.807, 2.05) is 11.8 Å². The van der Waals surface area contributed by atoms with Gasteiger partial charge in [-0.05, 0) is 55.0 Å². The van der Waals surface area contributed by atoms with Crippen LogP contribution in [0.2, 0.25) is 0 Å². The van der Waals surface area contributed by atoms with Crippen LogP contribution in [0.1, 0.15) is 50.7 Å². The molecule has 0 aliphatic carbocycles. The lowest BCUT2D eigenvalue weighted by Gasteiger charge is -2.29. The molecule has 2 aliphatic heterocycles. The highest BCUT2D eigenvalue weighted by atomic mass is 32.2. The average molecular weight is 353 g/mol. The van der Waals surface area contributed by atoms with Gasteiger partial charge in [0.15, 0.2) is 0 Å². The quantitative estimate of drug-likeness (QED) is 0.587. The summed E-state index contributed by atoms with van der Waals surface area (Å²) in [6.45, 7) is 6.92. The molecule has 0 bridgehead atoms. The third-order valence-corrected chi connectivity index (χ3v) is 6.59. The predicted molar refractivity (Wildman–Crippen MR) is 110 cm³/mol. The van der Waals surface area contributed by atoms with Crippen molar-refractivity contribution in [1.29, 1.82) is 0 Å². The maximum absolute atomic E-state index is 3.78. The van der Waals surface area contributed by atoms with Gasteiger partial charge in [0.2, 0.25) is 0 Å². The number of rotatable bonds is 3. The Morgan fingerprint density at radius 1 is 0.880 bits per heavy atom. The lowest BCUT2D eigenvalue weighted by Crippen LogP contribution is -2.24. The van der Waals surface area contributed by atoms with Crippen molar-refractivity contribution >= 4 is 28.8 Å². The second-order valence-corrected chi connectivity index (χ2v) is 8.19. The van der Waals surface area contributed by atoms with Gasteiger partial charge in [-0.3, -0.25) is 0 Å². The highest BCUT2D eigenvalue weighted by Crippen LogP contribution is 2.48. The van der Waals surface area contributed by atoms with Crippen LogP contribution in [0.4, 0.5) is 17.1 Å². The molecule has 0 spiro atoms. The summed E-state index contributed by atoms with van der Waals surface area (Å²) >= 11 is 1.94. The van der Waals surface area contributed by atoms with Crippen LogP contribution in [-0.2, 0) is 12.8 Å². The first kappa shape index (κ1) is 16.8. The Hall–Kier alpha value is -1.61. The molecule has 2 aliphatic rings. The zero-order chi connectivity index (χ0) is 17.2. The molecular weight excluding hydrogens is 324 g/mol. The summed E-state index contributed by atoms with van der Waals surface area (Å²) < 4.78 is 0. The fraction of sp³-hybridized carbons (Fsp3) is 0.455. The van der Waals surface area contributed by atoms with Crippen LogP contribution in [0.3, 0.4) is 0 Å². The standard InChI is InChI=1S/C22H28N2S/c1-3-16-10-9-11-19-21(16)23-22-17(4-2)14-18(15-20(22)25-19)24-12-7-5-6-8-13-24/h9-11,14-15,23H,3-8,12-13H2,1-2H3. The van der Waals surface area contributed by atoms with Crippen molar-refractivity contribution in [3.63, 3.8) is 0 Å². The molecular formula is C22H28N2S. The minimum atomic E-state index is 1.07. The zero-order valence-corrected chi connectivity index (χ0v) is 16.2. The minimum Gasteiger partial charge on any atom is -0.371 e. The summed E-state index contributed by atoms with van der Waals surface area (Å²) in [6.07, 6.45) is 7.55. The lowest BCUT2D eigenvalue weighted by atomic mass is 10.1. The van der Waals surface area contributed by atoms with E-state index in [1.54, 1.807) is 0 Å². The first-order chi connectivity index (χ1) is 12.3. The van der Waals surface area contributed by atoms with Gasteiger partial charge in [0, 0.05) is 28.6 Å². The number of aryl methyl sites for hydroxylation is 2.